The summed E-state index contributed by atoms with van der Waals surface area (Å²) in [6, 6.07) is 9.04. The van der Waals surface area contributed by atoms with Gasteiger partial charge in [0.2, 0.25) is 10.0 Å². The van der Waals surface area contributed by atoms with Gasteiger partial charge in [-0.3, -0.25) is 13.9 Å². The molecular weight excluding hydrogens is 549 g/mol. The highest BCUT2D eigenvalue weighted by Gasteiger charge is 2.34. The summed E-state index contributed by atoms with van der Waals surface area (Å²) in [5.41, 5.74) is 1.10. The first-order valence-corrected chi connectivity index (χ1v) is 13.7. The van der Waals surface area contributed by atoms with E-state index in [0.29, 0.717) is 21.7 Å². The van der Waals surface area contributed by atoms with Gasteiger partial charge in [0.05, 0.1) is 28.7 Å². The van der Waals surface area contributed by atoms with Gasteiger partial charge in [-0.05, 0) is 67.3 Å². The Morgan fingerprint density at radius 2 is 1.79 bits per heavy atom. The second kappa shape index (κ2) is 12.5. The quantitative estimate of drug-likeness (QED) is 0.363. The van der Waals surface area contributed by atoms with Crippen LogP contribution in [0.5, 0.6) is 5.75 Å². The van der Waals surface area contributed by atoms with E-state index in [4.69, 9.17) is 16.3 Å². The molecule has 38 heavy (non-hydrogen) atoms. The SMILES string of the molecule is CS(=O)(=O)N(CC(=O)N/N=C\c1ccc(OCC(=O)N2CCCCC2)cc1)c1ccc(Cl)c(C(F)(F)F)c1. The number of nitrogens with zero attached hydrogens (tertiary/aromatic N) is 3. The van der Waals surface area contributed by atoms with Gasteiger partial charge in [-0.25, -0.2) is 13.8 Å². The van der Waals surface area contributed by atoms with Crippen LogP contribution in [0.3, 0.4) is 0 Å². The van der Waals surface area contributed by atoms with Crippen LogP contribution in [0.2, 0.25) is 5.02 Å². The number of carbonyl (C=O) groups excluding carboxylic acids is 2. The van der Waals surface area contributed by atoms with Gasteiger partial charge in [0.25, 0.3) is 11.8 Å². The fourth-order valence-corrected chi connectivity index (χ4v) is 4.73. The van der Waals surface area contributed by atoms with Crippen LogP contribution in [0.4, 0.5) is 18.9 Å². The van der Waals surface area contributed by atoms with E-state index in [1.54, 1.807) is 29.2 Å². The maximum Gasteiger partial charge on any atom is 0.417 e. The number of ether oxygens (including phenoxy) is 1. The topological polar surface area (TPSA) is 108 Å². The van der Waals surface area contributed by atoms with Gasteiger partial charge in [0.1, 0.15) is 12.3 Å². The van der Waals surface area contributed by atoms with Crippen molar-refractivity contribution in [2.45, 2.75) is 25.4 Å². The molecule has 3 rings (SSSR count). The molecule has 2 aromatic rings. The predicted molar refractivity (Wildman–Crippen MR) is 137 cm³/mol. The summed E-state index contributed by atoms with van der Waals surface area (Å²) >= 11 is 5.59. The van der Waals surface area contributed by atoms with Crippen molar-refractivity contribution in [2.75, 3.05) is 36.8 Å². The zero-order valence-corrected chi connectivity index (χ0v) is 21.9. The lowest BCUT2D eigenvalue weighted by Gasteiger charge is -2.26. The Morgan fingerprint density at radius 3 is 2.39 bits per heavy atom. The summed E-state index contributed by atoms with van der Waals surface area (Å²) < 4.78 is 70.0. The van der Waals surface area contributed by atoms with Crippen molar-refractivity contribution in [3.05, 3.63) is 58.6 Å². The van der Waals surface area contributed by atoms with Gasteiger partial charge < -0.3 is 9.64 Å². The lowest BCUT2D eigenvalue weighted by molar-refractivity contribution is -0.137. The summed E-state index contributed by atoms with van der Waals surface area (Å²) in [5.74, 6) is -0.484. The molecule has 0 aliphatic carbocycles. The molecule has 0 radical (unpaired) electrons. The van der Waals surface area contributed by atoms with E-state index in [1.165, 1.54) is 6.21 Å². The molecule has 0 atom stereocenters. The third-order valence-corrected chi connectivity index (χ3v) is 7.06. The highest BCUT2D eigenvalue weighted by molar-refractivity contribution is 7.92. The van der Waals surface area contributed by atoms with Crippen molar-refractivity contribution < 1.29 is 35.9 Å². The molecule has 1 fully saturated rings. The first-order valence-electron chi connectivity index (χ1n) is 11.5. The van der Waals surface area contributed by atoms with E-state index in [9.17, 15) is 31.2 Å². The van der Waals surface area contributed by atoms with E-state index >= 15 is 0 Å². The molecule has 9 nitrogen and oxygen atoms in total. The van der Waals surface area contributed by atoms with Crippen LogP contribution in [-0.4, -0.2) is 63.8 Å². The van der Waals surface area contributed by atoms with E-state index in [2.05, 4.69) is 10.5 Å². The predicted octanol–water partition coefficient (Wildman–Crippen LogP) is 3.67. The third-order valence-electron chi connectivity index (χ3n) is 5.58. The van der Waals surface area contributed by atoms with Crippen molar-refractivity contribution in [1.82, 2.24) is 10.3 Å². The molecular formula is C24H26ClF3N4O5S. The van der Waals surface area contributed by atoms with Gasteiger partial charge >= 0.3 is 6.18 Å². The standard InChI is InChI=1S/C24H26ClF3N4O5S/c1-38(35,36)32(18-7-10-21(25)20(13-18)24(26,27)28)15-22(33)30-29-14-17-5-8-19(9-6-17)37-16-23(34)31-11-3-2-4-12-31/h5-10,13-14H,2-4,11-12,15-16H2,1H3,(H,30,33)/b29-14-. The Bertz CT molecular complexity index is 1280. The Balaban J connectivity index is 1.57. The van der Waals surface area contributed by atoms with Gasteiger partial charge in [0.15, 0.2) is 6.61 Å². The maximum atomic E-state index is 13.2. The molecule has 2 amide bonds. The Kier molecular flexibility index (Phi) is 9.60. The van der Waals surface area contributed by atoms with Crippen LogP contribution in [0.15, 0.2) is 47.6 Å². The number of piperidine rings is 1. The number of benzene rings is 2. The smallest absolute Gasteiger partial charge is 0.417 e. The van der Waals surface area contributed by atoms with Crippen molar-refractivity contribution in [2.24, 2.45) is 5.10 Å². The van der Waals surface area contributed by atoms with Crippen LogP contribution < -0.4 is 14.5 Å². The second-order valence-electron chi connectivity index (χ2n) is 8.52. The third kappa shape index (κ3) is 8.35. The van der Waals surface area contributed by atoms with Crippen LogP contribution in [0.25, 0.3) is 0 Å². The molecule has 1 aliphatic rings. The van der Waals surface area contributed by atoms with Gasteiger partial charge in [-0.15, -0.1) is 0 Å². The monoisotopic (exact) mass is 574 g/mol. The van der Waals surface area contributed by atoms with E-state index in [0.717, 1.165) is 50.7 Å². The largest absolute Gasteiger partial charge is 0.484 e. The van der Waals surface area contributed by atoms with Crippen molar-refractivity contribution >= 4 is 45.3 Å². The summed E-state index contributed by atoms with van der Waals surface area (Å²) in [4.78, 5) is 26.3. The fourth-order valence-electron chi connectivity index (χ4n) is 3.66. The zero-order valence-electron chi connectivity index (χ0n) is 20.4. The Morgan fingerprint density at radius 1 is 1.13 bits per heavy atom. The number of sulfonamides is 1. The number of halogens is 4. The molecule has 2 aromatic carbocycles. The van der Waals surface area contributed by atoms with E-state index in [1.807, 2.05) is 0 Å². The summed E-state index contributed by atoms with van der Waals surface area (Å²) in [6.07, 6.45) is 0.331. The Labute approximate surface area is 223 Å². The summed E-state index contributed by atoms with van der Waals surface area (Å²) in [5, 5.41) is 3.15. The minimum Gasteiger partial charge on any atom is -0.484 e. The number of hydrogen-bond donors (Lipinski definition) is 1. The van der Waals surface area contributed by atoms with Crippen LogP contribution in [0, 0.1) is 0 Å². The molecule has 0 saturated carbocycles. The molecule has 14 heteroatoms. The number of carbonyl (C=O) groups is 2. The number of rotatable bonds is 9. The molecule has 1 heterocycles. The molecule has 0 bridgehead atoms. The van der Waals surface area contributed by atoms with Crippen molar-refractivity contribution in [1.29, 1.82) is 0 Å². The van der Waals surface area contributed by atoms with Gasteiger partial charge in [-0.2, -0.15) is 18.3 Å². The minimum atomic E-state index is -4.81. The first kappa shape index (κ1) is 29.2. The molecule has 0 aromatic heterocycles. The second-order valence-corrected chi connectivity index (χ2v) is 10.8. The zero-order chi connectivity index (χ0) is 27.9. The van der Waals surface area contributed by atoms with Crippen molar-refractivity contribution in [3.63, 3.8) is 0 Å². The number of hydrogen-bond acceptors (Lipinski definition) is 6. The van der Waals surface area contributed by atoms with Crippen LogP contribution >= 0.6 is 11.6 Å². The molecule has 1 saturated heterocycles. The summed E-state index contributed by atoms with van der Waals surface area (Å²) in [6.45, 7) is 0.588. The number of alkyl halides is 3. The number of hydrazone groups is 1. The fraction of sp³-hybridized carbons (Fsp3) is 0.375. The minimum absolute atomic E-state index is 0.0710. The number of anilines is 1. The average molecular weight is 575 g/mol. The number of amides is 2. The van der Waals surface area contributed by atoms with Crippen LogP contribution in [-0.2, 0) is 25.8 Å². The van der Waals surface area contributed by atoms with Gasteiger partial charge in [0, 0.05) is 13.1 Å². The Hall–Kier alpha value is -3.32. The highest BCUT2D eigenvalue weighted by atomic mass is 35.5. The molecule has 1 N–H and O–H groups in total. The highest BCUT2D eigenvalue weighted by Crippen LogP contribution is 2.37. The number of likely N-dealkylation sites (tertiary alicyclic amines) is 1. The summed E-state index contributed by atoms with van der Waals surface area (Å²) in [7, 11) is -4.12. The number of nitrogens with one attached hydrogen (secondary N) is 1. The van der Waals surface area contributed by atoms with E-state index < -0.39 is 39.2 Å². The lowest BCUT2D eigenvalue weighted by Crippen LogP contribution is -2.39. The average Bonchev–Trinajstić information content (AvgIpc) is 2.86. The molecule has 1 aliphatic heterocycles. The normalized spacial score (nSPS) is 14.4. The lowest BCUT2D eigenvalue weighted by atomic mass is 10.1. The molecule has 0 unspecified atom stereocenters. The van der Waals surface area contributed by atoms with E-state index in [-0.39, 0.29) is 18.2 Å². The maximum absolute atomic E-state index is 13.2. The van der Waals surface area contributed by atoms with Crippen molar-refractivity contribution in [3.8, 4) is 5.75 Å². The van der Waals surface area contributed by atoms with Crippen LogP contribution in [0.1, 0.15) is 30.4 Å². The van der Waals surface area contributed by atoms with Gasteiger partial charge in [-0.1, -0.05) is 11.6 Å². The first-order chi connectivity index (χ1) is 17.8. The molecule has 206 valence electrons. The molecule has 0 spiro atoms.